The largest absolute Gasteiger partial charge is 0.370 e. The summed E-state index contributed by atoms with van der Waals surface area (Å²) < 4.78 is 0. The van der Waals surface area contributed by atoms with Gasteiger partial charge in [0.1, 0.15) is 0 Å². The summed E-state index contributed by atoms with van der Waals surface area (Å²) in [6, 6.07) is 0.326. The van der Waals surface area contributed by atoms with Crippen molar-refractivity contribution in [3.8, 4) is 0 Å². The summed E-state index contributed by atoms with van der Waals surface area (Å²) in [6.07, 6.45) is 6.30. The summed E-state index contributed by atoms with van der Waals surface area (Å²) in [4.78, 5) is 4.44. The van der Waals surface area contributed by atoms with Crippen LogP contribution in [0.1, 0.15) is 66.7 Å². The van der Waals surface area contributed by atoms with E-state index in [0.29, 0.717) is 12.0 Å². The second kappa shape index (κ2) is 7.53. The van der Waals surface area contributed by atoms with Crippen LogP contribution in [0.4, 0.5) is 0 Å². The predicted octanol–water partition coefficient (Wildman–Crippen LogP) is 3.05. The molecule has 3 N–H and O–H groups in total. The highest BCUT2D eigenvalue weighted by atomic mass is 15.1. The van der Waals surface area contributed by atoms with E-state index in [1.165, 1.54) is 25.7 Å². The van der Waals surface area contributed by atoms with Crippen LogP contribution in [0.2, 0.25) is 0 Å². The Morgan fingerprint density at radius 2 is 1.88 bits per heavy atom. The van der Waals surface area contributed by atoms with E-state index in [2.05, 4.69) is 44.9 Å². The Morgan fingerprint density at radius 3 is 2.38 bits per heavy atom. The molecule has 0 saturated carbocycles. The standard InChI is InChI=1S/C13H29N3/c1-6-7-8-9-10-11(2)15-12(14)16-13(3,4)5/h11H,6-10H2,1-5H3,(H3,14,15,16). The molecule has 0 bridgehead atoms. The van der Waals surface area contributed by atoms with Crippen LogP contribution in [0.15, 0.2) is 4.99 Å². The van der Waals surface area contributed by atoms with E-state index < -0.39 is 0 Å². The molecule has 0 spiro atoms. The minimum atomic E-state index is -0.00445. The van der Waals surface area contributed by atoms with E-state index in [1.807, 2.05) is 0 Å². The van der Waals surface area contributed by atoms with E-state index in [-0.39, 0.29) is 5.54 Å². The van der Waals surface area contributed by atoms with Gasteiger partial charge < -0.3 is 11.1 Å². The van der Waals surface area contributed by atoms with Gasteiger partial charge in [-0.25, -0.2) is 0 Å². The number of nitrogens with zero attached hydrogens (tertiary/aromatic N) is 1. The number of hydrogen-bond acceptors (Lipinski definition) is 1. The summed E-state index contributed by atoms with van der Waals surface area (Å²) in [5, 5.41) is 3.18. The van der Waals surface area contributed by atoms with Crippen molar-refractivity contribution in [3.63, 3.8) is 0 Å². The fraction of sp³-hybridized carbons (Fsp3) is 0.923. The Morgan fingerprint density at radius 1 is 1.25 bits per heavy atom. The molecule has 1 atom stereocenters. The Labute approximate surface area is 101 Å². The van der Waals surface area contributed by atoms with Crippen LogP contribution < -0.4 is 11.1 Å². The number of hydrogen-bond donors (Lipinski definition) is 2. The first-order valence-electron chi connectivity index (χ1n) is 6.46. The van der Waals surface area contributed by atoms with Gasteiger partial charge in [-0.15, -0.1) is 0 Å². The topological polar surface area (TPSA) is 50.4 Å². The van der Waals surface area contributed by atoms with Crippen LogP contribution in [-0.2, 0) is 0 Å². The average Bonchev–Trinajstić information content (AvgIpc) is 2.09. The molecular weight excluding hydrogens is 198 g/mol. The number of rotatable bonds is 6. The van der Waals surface area contributed by atoms with Gasteiger partial charge in [-0.2, -0.15) is 0 Å². The molecule has 0 aliphatic carbocycles. The third-order valence-corrected chi connectivity index (χ3v) is 2.34. The second-order valence-corrected chi connectivity index (χ2v) is 5.59. The molecule has 96 valence electrons. The van der Waals surface area contributed by atoms with Crippen LogP contribution in [0.3, 0.4) is 0 Å². The van der Waals surface area contributed by atoms with Gasteiger partial charge in [0.25, 0.3) is 0 Å². The van der Waals surface area contributed by atoms with Crippen LogP contribution in [0, 0.1) is 0 Å². The quantitative estimate of drug-likeness (QED) is 0.416. The zero-order valence-corrected chi connectivity index (χ0v) is 11.6. The van der Waals surface area contributed by atoms with Gasteiger partial charge in [0.2, 0.25) is 0 Å². The molecular formula is C13H29N3. The lowest BCUT2D eigenvalue weighted by molar-refractivity contribution is 0.503. The first kappa shape index (κ1) is 15.3. The van der Waals surface area contributed by atoms with Gasteiger partial charge in [-0.05, 0) is 34.1 Å². The molecule has 0 saturated heterocycles. The van der Waals surface area contributed by atoms with Gasteiger partial charge in [0.15, 0.2) is 5.96 Å². The summed E-state index contributed by atoms with van der Waals surface area (Å²) in [5.74, 6) is 0.565. The first-order valence-corrected chi connectivity index (χ1v) is 6.46. The smallest absolute Gasteiger partial charge is 0.189 e. The average molecular weight is 227 g/mol. The number of unbranched alkanes of at least 4 members (excludes halogenated alkanes) is 3. The third-order valence-electron chi connectivity index (χ3n) is 2.34. The summed E-state index contributed by atoms with van der Waals surface area (Å²) in [7, 11) is 0. The van der Waals surface area contributed by atoms with Crippen molar-refractivity contribution in [1.29, 1.82) is 0 Å². The Balaban J connectivity index is 3.82. The summed E-state index contributed by atoms with van der Waals surface area (Å²) in [5.41, 5.74) is 5.83. The summed E-state index contributed by atoms with van der Waals surface area (Å²) in [6.45, 7) is 10.6. The molecule has 0 rings (SSSR count). The SMILES string of the molecule is CCCCCCC(C)N=C(N)NC(C)(C)C. The minimum Gasteiger partial charge on any atom is -0.370 e. The molecule has 3 heteroatoms. The third kappa shape index (κ3) is 9.81. The van der Waals surface area contributed by atoms with E-state index in [4.69, 9.17) is 5.73 Å². The minimum absolute atomic E-state index is 0.00445. The highest BCUT2D eigenvalue weighted by molar-refractivity contribution is 5.78. The van der Waals surface area contributed by atoms with E-state index >= 15 is 0 Å². The Bertz CT molecular complexity index is 204. The van der Waals surface area contributed by atoms with Crippen LogP contribution in [0.5, 0.6) is 0 Å². The van der Waals surface area contributed by atoms with Crippen LogP contribution in [0.25, 0.3) is 0 Å². The molecule has 0 heterocycles. The van der Waals surface area contributed by atoms with Gasteiger partial charge >= 0.3 is 0 Å². The Kier molecular flexibility index (Phi) is 7.18. The van der Waals surface area contributed by atoms with E-state index in [0.717, 1.165) is 6.42 Å². The lowest BCUT2D eigenvalue weighted by Gasteiger charge is -2.21. The fourth-order valence-electron chi connectivity index (χ4n) is 1.58. The lowest BCUT2D eigenvalue weighted by Crippen LogP contribution is -2.45. The fourth-order valence-corrected chi connectivity index (χ4v) is 1.58. The maximum Gasteiger partial charge on any atom is 0.189 e. The normalized spacial score (nSPS) is 14.9. The van der Waals surface area contributed by atoms with Gasteiger partial charge in [-0.1, -0.05) is 32.6 Å². The molecule has 1 unspecified atom stereocenters. The molecule has 0 fully saturated rings. The lowest BCUT2D eigenvalue weighted by atomic mass is 10.1. The second-order valence-electron chi connectivity index (χ2n) is 5.59. The van der Waals surface area contributed by atoms with E-state index in [9.17, 15) is 0 Å². The van der Waals surface area contributed by atoms with Crippen LogP contribution in [-0.4, -0.2) is 17.5 Å². The first-order chi connectivity index (χ1) is 7.35. The van der Waals surface area contributed by atoms with Crippen LogP contribution >= 0.6 is 0 Å². The molecule has 0 aromatic heterocycles. The van der Waals surface area contributed by atoms with Crippen molar-refractivity contribution in [2.45, 2.75) is 78.3 Å². The Hall–Kier alpha value is -0.730. The maximum absolute atomic E-state index is 5.83. The molecule has 0 amide bonds. The zero-order valence-electron chi connectivity index (χ0n) is 11.6. The van der Waals surface area contributed by atoms with Crippen molar-refractivity contribution in [3.05, 3.63) is 0 Å². The van der Waals surface area contributed by atoms with E-state index in [1.54, 1.807) is 0 Å². The predicted molar refractivity (Wildman–Crippen MR) is 72.7 cm³/mol. The molecule has 0 aromatic rings. The van der Waals surface area contributed by atoms with Crippen molar-refractivity contribution < 1.29 is 0 Å². The number of aliphatic imine (C=N–C) groups is 1. The molecule has 0 aliphatic rings. The molecule has 3 nitrogen and oxygen atoms in total. The molecule has 16 heavy (non-hydrogen) atoms. The van der Waals surface area contributed by atoms with Crippen molar-refractivity contribution in [2.24, 2.45) is 10.7 Å². The maximum atomic E-state index is 5.83. The molecule has 0 aliphatic heterocycles. The van der Waals surface area contributed by atoms with Gasteiger partial charge in [0, 0.05) is 5.54 Å². The highest BCUT2D eigenvalue weighted by Crippen LogP contribution is 2.07. The number of guanidine groups is 1. The molecule has 0 radical (unpaired) electrons. The van der Waals surface area contributed by atoms with Crippen molar-refractivity contribution >= 4 is 5.96 Å². The summed E-state index contributed by atoms with van der Waals surface area (Å²) >= 11 is 0. The molecule has 0 aromatic carbocycles. The zero-order chi connectivity index (χ0) is 12.6. The van der Waals surface area contributed by atoms with Gasteiger partial charge in [-0.3, -0.25) is 4.99 Å². The van der Waals surface area contributed by atoms with Gasteiger partial charge in [0.05, 0.1) is 6.04 Å². The van der Waals surface area contributed by atoms with Crippen molar-refractivity contribution in [1.82, 2.24) is 5.32 Å². The van der Waals surface area contributed by atoms with Crippen molar-refractivity contribution in [2.75, 3.05) is 0 Å². The highest BCUT2D eigenvalue weighted by Gasteiger charge is 2.10. The number of nitrogens with one attached hydrogen (secondary N) is 1. The monoisotopic (exact) mass is 227 g/mol. The number of nitrogens with two attached hydrogens (primary N) is 1.